The Morgan fingerprint density at radius 3 is 2.47 bits per heavy atom. The van der Waals surface area contributed by atoms with Crippen molar-refractivity contribution in [2.45, 2.75) is 51.9 Å². The van der Waals surface area contributed by atoms with Crippen molar-refractivity contribution in [2.75, 3.05) is 13.7 Å². The number of carbonyl (C=O) groups is 1. The lowest BCUT2D eigenvalue weighted by Crippen LogP contribution is -2.43. The summed E-state index contributed by atoms with van der Waals surface area (Å²) in [5, 5.41) is 0. The van der Waals surface area contributed by atoms with E-state index in [0.717, 1.165) is 13.0 Å². The predicted molar refractivity (Wildman–Crippen MR) is 57.8 cm³/mol. The highest BCUT2D eigenvalue weighted by molar-refractivity contribution is 5.68. The molecule has 1 heterocycles. The number of carbonyl (C=O) groups excluding carboxylic acids is 1. The number of nitrogens with zero attached hydrogens (tertiary/aromatic N) is 1. The topological polar surface area (TPSA) is 38.8 Å². The van der Waals surface area contributed by atoms with E-state index in [2.05, 4.69) is 0 Å². The molecule has 1 fully saturated rings. The monoisotopic (exact) mass is 215 g/mol. The van der Waals surface area contributed by atoms with Crippen molar-refractivity contribution in [3.63, 3.8) is 0 Å². The van der Waals surface area contributed by atoms with Crippen molar-refractivity contribution < 1.29 is 14.3 Å². The molecule has 1 amide bonds. The molecule has 1 saturated heterocycles. The maximum absolute atomic E-state index is 11.7. The van der Waals surface area contributed by atoms with Gasteiger partial charge < -0.3 is 14.4 Å². The molecule has 0 aromatic heterocycles. The third-order valence-corrected chi connectivity index (χ3v) is 2.52. The van der Waals surface area contributed by atoms with Gasteiger partial charge in [0.2, 0.25) is 0 Å². The van der Waals surface area contributed by atoms with Gasteiger partial charge in [-0.2, -0.15) is 0 Å². The highest BCUT2D eigenvalue weighted by Gasteiger charge is 2.32. The fourth-order valence-corrected chi connectivity index (χ4v) is 1.70. The second-order valence-electron chi connectivity index (χ2n) is 5.02. The van der Waals surface area contributed by atoms with E-state index in [1.807, 2.05) is 27.7 Å². The van der Waals surface area contributed by atoms with Crippen LogP contribution in [0.4, 0.5) is 4.79 Å². The van der Waals surface area contributed by atoms with Crippen LogP contribution in [-0.4, -0.2) is 42.4 Å². The first-order valence-corrected chi connectivity index (χ1v) is 5.38. The van der Waals surface area contributed by atoms with Crippen molar-refractivity contribution >= 4 is 6.09 Å². The standard InChI is InChI=1S/C11H21NO3/c1-8-9(6-7-14-8)12(5)10(13)15-11(2,3)4/h8-9H,6-7H2,1-5H3. The Hall–Kier alpha value is -0.770. The molecule has 0 saturated carbocycles. The van der Waals surface area contributed by atoms with Crippen molar-refractivity contribution in [3.8, 4) is 0 Å². The Bertz CT molecular complexity index is 234. The minimum Gasteiger partial charge on any atom is -0.444 e. The third-order valence-electron chi connectivity index (χ3n) is 2.52. The smallest absolute Gasteiger partial charge is 0.410 e. The largest absolute Gasteiger partial charge is 0.444 e. The SMILES string of the molecule is CC1OCCC1N(C)C(=O)OC(C)(C)C. The molecule has 2 unspecified atom stereocenters. The highest BCUT2D eigenvalue weighted by atomic mass is 16.6. The number of rotatable bonds is 1. The summed E-state index contributed by atoms with van der Waals surface area (Å²) in [6, 6.07) is 0.139. The Balaban J connectivity index is 2.52. The molecule has 0 N–H and O–H groups in total. The zero-order chi connectivity index (χ0) is 11.6. The van der Waals surface area contributed by atoms with E-state index in [0.29, 0.717) is 0 Å². The molecule has 0 aromatic carbocycles. The summed E-state index contributed by atoms with van der Waals surface area (Å²) in [7, 11) is 1.77. The van der Waals surface area contributed by atoms with Crippen molar-refractivity contribution in [2.24, 2.45) is 0 Å². The number of amides is 1. The molecule has 1 aliphatic heterocycles. The van der Waals surface area contributed by atoms with E-state index in [1.165, 1.54) is 0 Å². The van der Waals surface area contributed by atoms with Gasteiger partial charge in [-0.15, -0.1) is 0 Å². The molecule has 1 rings (SSSR count). The van der Waals surface area contributed by atoms with Gasteiger partial charge in [-0.1, -0.05) is 0 Å². The van der Waals surface area contributed by atoms with E-state index >= 15 is 0 Å². The zero-order valence-electron chi connectivity index (χ0n) is 10.2. The van der Waals surface area contributed by atoms with Crippen molar-refractivity contribution in [3.05, 3.63) is 0 Å². The Morgan fingerprint density at radius 2 is 2.07 bits per heavy atom. The number of ether oxygens (including phenoxy) is 2. The van der Waals surface area contributed by atoms with Crippen LogP contribution in [0.1, 0.15) is 34.1 Å². The van der Waals surface area contributed by atoms with Gasteiger partial charge in [0.15, 0.2) is 0 Å². The molecule has 88 valence electrons. The van der Waals surface area contributed by atoms with E-state index in [-0.39, 0.29) is 18.2 Å². The Morgan fingerprint density at radius 1 is 1.47 bits per heavy atom. The van der Waals surface area contributed by atoms with E-state index in [4.69, 9.17) is 9.47 Å². The minimum absolute atomic E-state index is 0.0996. The van der Waals surface area contributed by atoms with Gasteiger partial charge in [-0.05, 0) is 34.1 Å². The maximum Gasteiger partial charge on any atom is 0.410 e. The fourth-order valence-electron chi connectivity index (χ4n) is 1.70. The average Bonchev–Trinajstić information content (AvgIpc) is 2.47. The molecule has 1 aliphatic rings. The van der Waals surface area contributed by atoms with Crippen LogP contribution in [-0.2, 0) is 9.47 Å². The molecule has 4 nitrogen and oxygen atoms in total. The fraction of sp³-hybridized carbons (Fsp3) is 0.909. The molecule has 0 bridgehead atoms. The van der Waals surface area contributed by atoms with Gasteiger partial charge in [-0.3, -0.25) is 0 Å². The molecule has 0 radical (unpaired) electrons. The van der Waals surface area contributed by atoms with Crippen LogP contribution in [0.5, 0.6) is 0 Å². The van der Waals surface area contributed by atoms with Crippen LogP contribution in [0, 0.1) is 0 Å². The summed E-state index contributed by atoms with van der Waals surface area (Å²) in [6.45, 7) is 8.31. The summed E-state index contributed by atoms with van der Waals surface area (Å²) < 4.78 is 10.7. The lowest BCUT2D eigenvalue weighted by Gasteiger charge is -2.29. The minimum atomic E-state index is -0.436. The second kappa shape index (κ2) is 4.39. The van der Waals surface area contributed by atoms with Crippen LogP contribution in [0.3, 0.4) is 0 Å². The van der Waals surface area contributed by atoms with Gasteiger partial charge >= 0.3 is 6.09 Å². The van der Waals surface area contributed by atoms with Gasteiger partial charge in [0.25, 0.3) is 0 Å². The average molecular weight is 215 g/mol. The van der Waals surface area contributed by atoms with Gasteiger partial charge in [0, 0.05) is 13.7 Å². The quantitative estimate of drug-likeness (QED) is 0.671. The molecular formula is C11H21NO3. The van der Waals surface area contributed by atoms with E-state index in [9.17, 15) is 4.79 Å². The first-order valence-electron chi connectivity index (χ1n) is 5.38. The van der Waals surface area contributed by atoms with E-state index in [1.54, 1.807) is 11.9 Å². The molecule has 0 spiro atoms. The summed E-state index contributed by atoms with van der Waals surface area (Å²) in [6.07, 6.45) is 0.712. The normalized spacial score (nSPS) is 26.5. The lowest BCUT2D eigenvalue weighted by atomic mass is 10.1. The number of likely N-dealkylation sites (N-methyl/N-ethyl adjacent to an activating group) is 1. The van der Waals surface area contributed by atoms with Gasteiger partial charge in [0.05, 0.1) is 12.1 Å². The third kappa shape index (κ3) is 3.38. The zero-order valence-corrected chi connectivity index (χ0v) is 10.2. The molecule has 0 aromatic rings. The molecule has 15 heavy (non-hydrogen) atoms. The molecular weight excluding hydrogens is 194 g/mol. The van der Waals surface area contributed by atoms with E-state index < -0.39 is 5.60 Å². The van der Waals surface area contributed by atoms with Crippen LogP contribution in [0.15, 0.2) is 0 Å². The molecule has 2 atom stereocenters. The summed E-state index contributed by atoms with van der Waals surface area (Å²) in [4.78, 5) is 13.4. The predicted octanol–water partition coefficient (Wildman–Crippen LogP) is 2.03. The molecule has 0 aliphatic carbocycles. The summed E-state index contributed by atoms with van der Waals surface area (Å²) >= 11 is 0. The van der Waals surface area contributed by atoms with Crippen LogP contribution in [0.2, 0.25) is 0 Å². The van der Waals surface area contributed by atoms with Crippen molar-refractivity contribution in [1.29, 1.82) is 0 Å². The Kier molecular flexibility index (Phi) is 3.60. The summed E-state index contributed by atoms with van der Waals surface area (Å²) in [5.41, 5.74) is -0.436. The first kappa shape index (κ1) is 12.3. The maximum atomic E-state index is 11.7. The highest BCUT2D eigenvalue weighted by Crippen LogP contribution is 2.20. The van der Waals surface area contributed by atoms with Crippen LogP contribution >= 0.6 is 0 Å². The van der Waals surface area contributed by atoms with Crippen molar-refractivity contribution in [1.82, 2.24) is 4.90 Å². The first-order chi connectivity index (χ1) is 6.81. The van der Waals surface area contributed by atoms with Crippen LogP contribution < -0.4 is 0 Å². The Labute approximate surface area is 91.5 Å². The van der Waals surface area contributed by atoms with Gasteiger partial charge in [-0.25, -0.2) is 4.79 Å². The molecule has 4 heteroatoms. The van der Waals surface area contributed by atoms with Crippen LogP contribution in [0.25, 0.3) is 0 Å². The summed E-state index contributed by atoms with van der Waals surface area (Å²) in [5.74, 6) is 0. The second-order valence-corrected chi connectivity index (χ2v) is 5.02. The lowest BCUT2D eigenvalue weighted by molar-refractivity contribution is 0.0129. The number of hydrogen-bond acceptors (Lipinski definition) is 3. The van der Waals surface area contributed by atoms with Gasteiger partial charge in [0.1, 0.15) is 5.60 Å². The number of hydrogen-bond donors (Lipinski definition) is 0.